The van der Waals surface area contributed by atoms with Gasteiger partial charge in [0.05, 0.1) is 11.9 Å². The summed E-state index contributed by atoms with van der Waals surface area (Å²) in [6.07, 6.45) is 1.62. The molecule has 114 valence electrons. The first kappa shape index (κ1) is 17.1. The van der Waals surface area contributed by atoms with Crippen LogP contribution in [0.15, 0.2) is 30.5 Å². The van der Waals surface area contributed by atoms with Crippen LogP contribution in [0.1, 0.15) is 23.0 Å². The number of hydrogen-bond acceptors (Lipinski definition) is 4. The summed E-state index contributed by atoms with van der Waals surface area (Å²) < 4.78 is 1.58. The number of halogens is 1. The van der Waals surface area contributed by atoms with E-state index in [2.05, 4.69) is 15.6 Å². The highest BCUT2D eigenvalue weighted by Gasteiger charge is 2.12. The minimum Gasteiger partial charge on any atom is -0.350 e. The first-order valence-electron chi connectivity index (χ1n) is 6.58. The monoisotopic (exact) mass is 309 g/mol. The Bertz CT molecular complexity index is 581. The van der Waals surface area contributed by atoms with Crippen LogP contribution in [0.3, 0.4) is 0 Å². The molecule has 1 heterocycles. The number of nitrogens with one attached hydrogen (secondary N) is 1. The fourth-order valence-corrected chi connectivity index (χ4v) is 1.63. The summed E-state index contributed by atoms with van der Waals surface area (Å²) in [6.45, 7) is 5.06. The van der Waals surface area contributed by atoms with Crippen molar-refractivity contribution in [2.24, 2.45) is 11.7 Å². The average molecular weight is 310 g/mol. The van der Waals surface area contributed by atoms with E-state index in [1.807, 2.05) is 38.1 Å². The Morgan fingerprint density at radius 3 is 2.67 bits per heavy atom. The van der Waals surface area contributed by atoms with E-state index in [1.54, 1.807) is 10.9 Å². The van der Waals surface area contributed by atoms with Crippen molar-refractivity contribution in [2.45, 2.75) is 13.8 Å². The van der Waals surface area contributed by atoms with Gasteiger partial charge in [0.25, 0.3) is 5.91 Å². The van der Waals surface area contributed by atoms with Gasteiger partial charge in [0.1, 0.15) is 0 Å². The van der Waals surface area contributed by atoms with Gasteiger partial charge < -0.3 is 11.1 Å². The molecule has 1 amide bonds. The van der Waals surface area contributed by atoms with Crippen LogP contribution in [0.25, 0.3) is 5.69 Å². The Hall–Kier alpha value is -1.92. The molecule has 2 rings (SSSR count). The summed E-state index contributed by atoms with van der Waals surface area (Å²) in [5.74, 6) is 0.00903. The molecule has 0 aliphatic heterocycles. The molecule has 0 saturated heterocycles. The number of benzene rings is 1. The molecule has 1 aromatic heterocycles. The van der Waals surface area contributed by atoms with E-state index in [0.29, 0.717) is 18.8 Å². The van der Waals surface area contributed by atoms with Crippen molar-refractivity contribution in [3.8, 4) is 5.69 Å². The fourth-order valence-electron chi connectivity index (χ4n) is 1.63. The molecule has 21 heavy (non-hydrogen) atoms. The van der Waals surface area contributed by atoms with E-state index in [-0.39, 0.29) is 24.2 Å². The highest BCUT2D eigenvalue weighted by Crippen LogP contribution is 2.08. The summed E-state index contributed by atoms with van der Waals surface area (Å²) >= 11 is 0. The topological polar surface area (TPSA) is 85.8 Å². The molecule has 0 aliphatic rings. The van der Waals surface area contributed by atoms with Gasteiger partial charge in [0.15, 0.2) is 5.69 Å². The van der Waals surface area contributed by atoms with Crippen molar-refractivity contribution in [3.63, 3.8) is 0 Å². The number of nitrogens with two attached hydrogens (primary N) is 1. The lowest BCUT2D eigenvalue weighted by molar-refractivity contribution is 0.0943. The maximum Gasteiger partial charge on any atom is 0.273 e. The molecule has 0 fully saturated rings. The van der Waals surface area contributed by atoms with Gasteiger partial charge in [0.2, 0.25) is 0 Å². The zero-order valence-electron chi connectivity index (χ0n) is 12.1. The average Bonchev–Trinajstić information content (AvgIpc) is 2.95. The molecular weight excluding hydrogens is 290 g/mol. The first-order valence-corrected chi connectivity index (χ1v) is 6.58. The molecule has 7 heteroatoms. The zero-order valence-corrected chi connectivity index (χ0v) is 12.9. The van der Waals surface area contributed by atoms with Crippen molar-refractivity contribution in [2.75, 3.05) is 13.1 Å². The lowest BCUT2D eigenvalue weighted by Crippen LogP contribution is -2.31. The quantitative estimate of drug-likeness (QED) is 0.872. The highest BCUT2D eigenvalue weighted by molar-refractivity contribution is 5.91. The van der Waals surface area contributed by atoms with Gasteiger partial charge in [-0.1, -0.05) is 29.8 Å². The predicted octanol–water partition coefficient (Wildman–Crippen LogP) is 1.32. The van der Waals surface area contributed by atoms with Gasteiger partial charge in [-0.05, 0) is 31.5 Å². The van der Waals surface area contributed by atoms with E-state index in [9.17, 15) is 4.79 Å². The van der Waals surface area contributed by atoms with Gasteiger partial charge in [-0.2, -0.15) is 0 Å². The van der Waals surface area contributed by atoms with Gasteiger partial charge in [-0.15, -0.1) is 17.5 Å². The van der Waals surface area contributed by atoms with Crippen LogP contribution in [0.5, 0.6) is 0 Å². The van der Waals surface area contributed by atoms with Crippen LogP contribution in [0, 0.1) is 12.8 Å². The highest BCUT2D eigenvalue weighted by atomic mass is 35.5. The number of carbonyl (C=O) groups excluding carboxylic acids is 1. The number of amides is 1. The molecule has 0 spiro atoms. The Balaban J connectivity index is 0.00000220. The number of aromatic nitrogens is 3. The molecule has 0 aliphatic carbocycles. The number of carbonyl (C=O) groups is 1. The largest absolute Gasteiger partial charge is 0.350 e. The lowest BCUT2D eigenvalue weighted by atomic mass is 10.2. The number of rotatable bonds is 5. The summed E-state index contributed by atoms with van der Waals surface area (Å²) in [5.41, 5.74) is 7.85. The first-order chi connectivity index (χ1) is 9.60. The fraction of sp³-hybridized carbons (Fsp3) is 0.357. The van der Waals surface area contributed by atoms with Gasteiger partial charge in [0, 0.05) is 6.54 Å². The normalized spacial score (nSPS) is 11.6. The number of aryl methyl sites for hydroxylation is 1. The Labute approximate surface area is 130 Å². The Morgan fingerprint density at radius 2 is 2.05 bits per heavy atom. The van der Waals surface area contributed by atoms with Gasteiger partial charge >= 0.3 is 0 Å². The molecule has 1 aromatic carbocycles. The molecule has 2 aromatic rings. The third-order valence-corrected chi connectivity index (χ3v) is 3.04. The maximum atomic E-state index is 11.9. The third kappa shape index (κ3) is 4.54. The van der Waals surface area contributed by atoms with Crippen molar-refractivity contribution < 1.29 is 4.79 Å². The van der Waals surface area contributed by atoms with Crippen LogP contribution in [-0.4, -0.2) is 34.0 Å². The number of hydrogen-bond donors (Lipinski definition) is 2. The number of nitrogens with zero attached hydrogens (tertiary/aromatic N) is 3. The second kappa shape index (κ2) is 7.75. The van der Waals surface area contributed by atoms with E-state index in [1.165, 1.54) is 5.56 Å². The van der Waals surface area contributed by atoms with Crippen molar-refractivity contribution in [1.29, 1.82) is 0 Å². The minimum atomic E-state index is -0.233. The van der Waals surface area contributed by atoms with Crippen LogP contribution >= 0.6 is 12.4 Å². The van der Waals surface area contributed by atoms with Crippen LogP contribution in [-0.2, 0) is 0 Å². The van der Waals surface area contributed by atoms with Crippen LogP contribution in [0.4, 0.5) is 0 Å². The van der Waals surface area contributed by atoms with E-state index in [0.717, 1.165) is 5.69 Å². The maximum absolute atomic E-state index is 11.9. The molecule has 0 bridgehead atoms. The van der Waals surface area contributed by atoms with E-state index < -0.39 is 0 Å². The standard InChI is InChI=1S/C14H19N5O.ClH/c1-10-3-5-12(6-4-10)19-9-13(17-18-19)14(20)16-8-11(2)7-15;/h3-6,9,11H,7-8,15H2,1-2H3,(H,16,20);1H. The molecule has 0 radical (unpaired) electrons. The SMILES string of the molecule is Cc1ccc(-n2cc(C(=O)NCC(C)CN)nn2)cc1.Cl. The zero-order chi connectivity index (χ0) is 14.5. The molecule has 1 atom stereocenters. The minimum absolute atomic E-state index is 0. The molecular formula is C14H20ClN5O. The van der Waals surface area contributed by atoms with Crippen LogP contribution < -0.4 is 11.1 Å². The smallest absolute Gasteiger partial charge is 0.273 e. The molecule has 0 saturated carbocycles. The van der Waals surface area contributed by atoms with E-state index >= 15 is 0 Å². The second-order valence-electron chi connectivity index (χ2n) is 4.93. The van der Waals surface area contributed by atoms with Crippen molar-refractivity contribution in [3.05, 3.63) is 41.7 Å². The summed E-state index contributed by atoms with van der Waals surface area (Å²) in [6, 6.07) is 7.84. The molecule has 1 unspecified atom stereocenters. The molecule has 6 nitrogen and oxygen atoms in total. The van der Waals surface area contributed by atoms with Crippen LogP contribution in [0.2, 0.25) is 0 Å². The summed E-state index contributed by atoms with van der Waals surface area (Å²) in [4.78, 5) is 11.9. The van der Waals surface area contributed by atoms with Gasteiger partial charge in [-0.3, -0.25) is 4.79 Å². The van der Waals surface area contributed by atoms with Gasteiger partial charge in [-0.25, -0.2) is 4.68 Å². The lowest BCUT2D eigenvalue weighted by Gasteiger charge is -2.08. The summed E-state index contributed by atoms with van der Waals surface area (Å²) in [5, 5.41) is 10.6. The van der Waals surface area contributed by atoms with Crippen molar-refractivity contribution >= 4 is 18.3 Å². The second-order valence-corrected chi connectivity index (χ2v) is 4.93. The van der Waals surface area contributed by atoms with E-state index in [4.69, 9.17) is 5.73 Å². The van der Waals surface area contributed by atoms with Crippen molar-refractivity contribution in [1.82, 2.24) is 20.3 Å². The third-order valence-electron chi connectivity index (χ3n) is 3.04. The summed E-state index contributed by atoms with van der Waals surface area (Å²) in [7, 11) is 0. The Kier molecular flexibility index (Phi) is 6.33. The predicted molar refractivity (Wildman–Crippen MR) is 83.9 cm³/mol. The molecule has 3 N–H and O–H groups in total. The Morgan fingerprint density at radius 1 is 1.38 bits per heavy atom.